The second-order valence-electron chi connectivity index (χ2n) is 17.8. The lowest BCUT2D eigenvalue weighted by Crippen LogP contribution is -2.30. The third kappa shape index (κ3) is 48.5. The number of allylic oxidation sites excluding steroid dienone is 6. The zero-order valence-electron chi connectivity index (χ0n) is 40.7. The van der Waals surface area contributed by atoms with Crippen LogP contribution in [0.5, 0.6) is 0 Å². The number of ether oxygens (including phenoxy) is 3. The van der Waals surface area contributed by atoms with Crippen LogP contribution in [0.15, 0.2) is 36.5 Å². The standard InChI is InChI=1S/C55H100O6/c1-4-7-10-13-16-19-22-25-27-30-32-35-38-41-44-47-53(56)59-50-52(61-55(58)49-46-43-40-37-34-29-24-21-18-15-12-9-6-3)51-60-54(57)48-45-42-39-36-33-31-28-26-23-20-17-14-11-8-5-2/h16,19,25-28,52H,4-15,17-18,20-24,29-51H2,1-3H3/b19-16-,27-25-,28-26-/t52-/m1/s1. The zero-order valence-corrected chi connectivity index (χ0v) is 40.7. The van der Waals surface area contributed by atoms with Crippen LogP contribution in [0.25, 0.3) is 0 Å². The van der Waals surface area contributed by atoms with Crippen LogP contribution in [0.2, 0.25) is 0 Å². The van der Waals surface area contributed by atoms with Gasteiger partial charge in [0, 0.05) is 19.3 Å². The molecule has 0 aromatic rings. The molecule has 0 unspecified atom stereocenters. The number of hydrogen-bond acceptors (Lipinski definition) is 6. The van der Waals surface area contributed by atoms with Crippen molar-refractivity contribution in [3.8, 4) is 0 Å². The van der Waals surface area contributed by atoms with Gasteiger partial charge in [0.05, 0.1) is 0 Å². The summed E-state index contributed by atoms with van der Waals surface area (Å²) in [7, 11) is 0. The van der Waals surface area contributed by atoms with Crippen LogP contribution in [-0.4, -0.2) is 37.2 Å². The van der Waals surface area contributed by atoms with Crippen LogP contribution in [0.4, 0.5) is 0 Å². The first-order valence-electron chi connectivity index (χ1n) is 26.5. The molecule has 0 amide bonds. The fourth-order valence-corrected chi connectivity index (χ4v) is 7.59. The summed E-state index contributed by atoms with van der Waals surface area (Å²) >= 11 is 0. The minimum absolute atomic E-state index is 0.0782. The predicted molar refractivity (Wildman–Crippen MR) is 261 cm³/mol. The molecule has 0 N–H and O–H groups in total. The topological polar surface area (TPSA) is 78.9 Å². The van der Waals surface area contributed by atoms with Crippen molar-refractivity contribution in [2.75, 3.05) is 13.2 Å². The van der Waals surface area contributed by atoms with Gasteiger partial charge in [-0.05, 0) is 77.0 Å². The third-order valence-electron chi connectivity index (χ3n) is 11.6. The van der Waals surface area contributed by atoms with Gasteiger partial charge in [0.15, 0.2) is 6.10 Å². The van der Waals surface area contributed by atoms with Crippen molar-refractivity contribution in [3.63, 3.8) is 0 Å². The summed E-state index contributed by atoms with van der Waals surface area (Å²) in [6.45, 7) is 6.61. The predicted octanol–water partition coefficient (Wildman–Crippen LogP) is 17.3. The largest absolute Gasteiger partial charge is 0.462 e. The number of unbranched alkanes of at least 4 members (excludes halogenated alkanes) is 31. The Balaban J connectivity index is 4.38. The normalized spacial score (nSPS) is 12.2. The highest BCUT2D eigenvalue weighted by molar-refractivity contribution is 5.71. The molecule has 0 bridgehead atoms. The Morgan fingerprint density at radius 1 is 0.328 bits per heavy atom. The highest BCUT2D eigenvalue weighted by atomic mass is 16.6. The minimum Gasteiger partial charge on any atom is -0.462 e. The molecule has 0 spiro atoms. The Morgan fingerprint density at radius 2 is 0.590 bits per heavy atom. The summed E-state index contributed by atoms with van der Waals surface area (Å²) in [6.07, 6.45) is 58.3. The van der Waals surface area contributed by atoms with Crippen molar-refractivity contribution < 1.29 is 28.6 Å². The lowest BCUT2D eigenvalue weighted by atomic mass is 10.0. The average molecular weight is 857 g/mol. The first-order valence-corrected chi connectivity index (χ1v) is 26.5. The number of carbonyl (C=O) groups is 3. The lowest BCUT2D eigenvalue weighted by Gasteiger charge is -2.18. The monoisotopic (exact) mass is 857 g/mol. The van der Waals surface area contributed by atoms with E-state index < -0.39 is 6.10 Å². The summed E-state index contributed by atoms with van der Waals surface area (Å²) in [5, 5.41) is 0. The second-order valence-corrected chi connectivity index (χ2v) is 17.8. The van der Waals surface area contributed by atoms with Crippen LogP contribution in [0, 0.1) is 0 Å². The maximum absolute atomic E-state index is 12.8. The maximum atomic E-state index is 12.8. The van der Waals surface area contributed by atoms with Crippen molar-refractivity contribution in [1.82, 2.24) is 0 Å². The Morgan fingerprint density at radius 3 is 0.951 bits per heavy atom. The smallest absolute Gasteiger partial charge is 0.306 e. The molecule has 0 fully saturated rings. The maximum Gasteiger partial charge on any atom is 0.306 e. The van der Waals surface area contributed by atoms with Crippen molar-refractivity contribution >= 4 is 17.9 Å². The molecule has 0 rings (SSSR count). The van der Waals surface area contributed by atoms with Gasteiger partial charge in [0.1, 0.15) is 13.2 Å². The summed E-state index contributed by atoms with van der Waals surface area (Å²) in [4.78, 5) is 38.0. The van der Waals surface area contributed by atoms with Crippen molar-refractivity contribution in [2.45, 2.75) is 284 Å². The summed E-state index contributed by atoms with van der Waals surface area (Å²) in [6, 6.07) is 0. The van der Waals surface area contributed by atoms with Crippen molar-refractivity contribution in [3.05, 3.63) is 36.5 Å². The Labute approximate surface area is 378 Å². The van der Waals surface area contributed by atoms with E-state index >= 15 is 0 Å². The highest BCUT2D eigenvalue weighted by Crippen LogP contribution is 2.15. The SMILES string of the molecule is CCCCC/C=C\C/C=C\CCCCCCCC(=O)OC[C@H](COC(=O)CCCCCCC/C=C\CCCCCCCC)OC(=O)CCCCCCCCCCCCCCC. The van der Waals surface area contributed by atoms with E-state index in [-0.39, 0.29) is 31.1 Å². The highest BCUT2D eigenvalue weighted by Gasteiger charge is 2.19. The molecule has 0 aliphatic carbocycles. The number of esters is 3. The van der Waals surface area contributed by atoms with E-state index in [1.54, 1.807) is 0 Å². The number of hydrogen-bond donors (Lipinski definition) is 0. The van der Waals surface area contributed by atoms with E-state index in [0.717, 1.165) is 83.5 Å². The van der Waals surface area contributed by atoms with Crippen LogP contribution in [-0.2, 0) is 28.6 Å². The van der Waals surface area contributed by atoms with Gasteiger partial charge in [-0.15, -0.1) is 0 Å². The summed E-state index contributed by atoms with van der Waals surface area (Å²) in [5.74, 6) is -0.888. The second kappa shape index (κ2) is 50.3. The Hall–Kier alpha value is -2.37. The first kappa shape index (κ1) is 58.6. The van der Waals surface area contributed by atoms with Crippen molar-refractivity contribution in [2.24, 2.45) is 0 Å². The van der Waals surface area contributed by atoms with Crippen molar-refractivity contribution in [1.29, 1.82) is 0 Å². The zero-order chi connectivity index (χ0) is 44.4. The molecule has 0 aromatic heterocycles. The molecule has 356 valence electrons. The quantitative estimate of drug-likeness (QED) is 0.0262. The van der Waals surface area contributed by atoms with Gasteiger partial charge in [-0.3, -0.25) is 14.4 Å². The molecule has 0 heterocycles. The van der Waals surface area contributed by atoms with E-state index in [2.05, 4.69) is 57.2 Å². The van der Waals surface area contributed by atoms with Gasteiger partial charge in [-0.25, -0.2) is 0 Å². The van der Waals surface area contributed by atoms with E-state index in [9.17, 15) is 14.4 Å². The fourth-order valence-electron chi connectivity index (χ4n) is 7.59. The molecule has 6 heteroatoms. The lowest BCUT2D eigenvalue weighted by molar-refractivity contribution is -0.167. The van der Waals surface area contributed by atoms with E-state index in [0.29, 0.717) is 19.3 Å². The molecule has 0 aliphatic heterocycles. The molecule has 0 aromatic carbocycles. The van der Waals surface area contributed by atoms with Crippen LogP contribution in [0.3, 0.4) is 0 Å². The van der Waals surface area contributed by atoms with Gasteiger partial charge >= 0.3 is 17.9 Å². The van der Waals surface area contributed by atoms with E-state index in [4.69, 9.17) is 14.2 Å². The first-order chi connectivity index (χ1) is 30.0. The van der Waals surface area contributed by atoms with Gasteiger partial charge in [0.25, 0.3) is 0 Å². The van der Waals surface area contributed by atoms with Gasteiger partial charge < -0.3 is 14.2 Å². The Bertz CT molecular complexity index is 1030. The molecule has 0 saturated heterocycles. The molecule has 1 atom stereocenters. The average Bonchev–Trinajstić information content (AvgIpc) is 3.26. The molecule has 61 heavy (non-hydrogen) atoms. The van der Waals surface area contributed by atoms with Gasteiger partial charge in [-0.1, -0.05) is 218 Å². The van der Waals surface area contributed by atoms with Gasteiger partial charge in [-0.2, -0.15) is 0 Å². The van der Waals surface area contributed by atoms with Crippen LogP contribution in [0.1, 0.15) is 278 Å². The molecule has 0 aliphatic rings. The van der Waals surface area contributed by atoms with Crippen LogP contribution < -0.4 is 0 Å². The summed E-state index contributed by atoms with van der Waals surface area (Å²) < 4.78 is 16.8. The number of rotatable bonds is 48. The third-order valence-corrected chi connectivity index (χ3v) is 11.6. The van der Waals surface area contributed by atoms with Crippen LogP contribution >= 0.6 is 0 Å². The van der Waals surface area contributed by atoms with Gasteiger partial charge in [0.2, 0.25) is 0 Å². The molecular formula is C55H100O6. The molecule has 0 saturated carbocycles. The fraction of sp³-hybridized carbons (Fsp3) is 0.836. The van der Waals surface area contributed by atoms with E-state index in [1.807, 2.05) is 0 Å². The molecule has 0 radical (unpaired) electrons. The minimum atomic E-state index is -0.777. The number of carbonyl (C=O) groups excluding carboxylic acids is 3. The Kier molecular flexibility index (Phi) is 48.3. The molecule has 6 nitrogen and oxygen atoms in total. The molecular weight excluding hydrogens is 757 g/mol. The summed E-state index contributed by atoms with van der Waals surface area (Å²) in [5.41, 5.74) is 0. The van der Waals surface area contributed by atoms with E-state index in [1.165, 1.54) is 154 Å².